The number of thiazole rings is 1. The first-order valence-corrected chi connectivity index (χ1v) is 9.35. The van der Waals surface area contributed by atoms with Gasteiger partial charge in [0.25, 0.3) is 5.91 Å². The first-order chi connectivity index (χ1) is 12.9. The van der Waals surface area contributed by atoms with Gasteiger partial charge in [0.05, 0.1) is 19.3 Å². The quantitative estimate of drug-likeness (QED) is 0.652. The van der Waals surface area contributed by atoms with E-state index in [0.717, 1.165) is 16.5 Å². The minimum absolute atomic E-state index is 0.182. The fraction of sp³-hybridized carbons (Fsp3) is 0.316. The Labute approximate surface area is 160 Å². The molecule has 2 N–H and O–H groups in total. The minimum Gasteiger partial charge on any atom is -0.480 e. The zero-order chi connectivity index (χ0) is 19.7. The van der Waals surface area contributed by atoms with E-state index >= 15 is 0 Å². The molecule has 3 rings (SSSR count). The van der Waals surface area contributed by atoms with Crippen LogP contribution in [0.4, 0.5) is 0 Å². The second-order valence-electron chi connectivity index (χ2n) is 6.22. The lowest BCUT2D eigenvalue weighted by Crippen LogP contribution is -2.10. The summed E-state index contributed by atoms with van der Waals surface area (Å²) in [6, 6.07) is 5.87. The van der Waals surface area contributed by atoms with Crippen LogP contribution < -0.4 is 10.5 Å². The van der Waals surface area contributed by atoms with Crippen LogP contribution in [0.2, 0.25) is 0 Å². The van der Waals surface area contributed by atoms with Gasteiger partial charge in [-0.25, -0.2) is 9.78 Å². The average Bonchev–Trinajstić information content (AvgIpc) is 3.23. The van der Waals surface area contributed by atoms with Crippen LogP contribution in [-0.2, 0) is 4.74 Å². The predicted molar refractivity (Wildman–Crippen MR) is 104 cm³/mol. The smallest absolute Gasteiger partial charge is 0.354 e. The van der Waals surface area contributed by atoms with E-state index in [0.29, 0.717) is 15.4 Å². The Hall–Kier alpha value is -2.87. The standard InChI is InChI=1S/C19H21N3O4S/c1-5-26-19(24)15-17(25-4)21-18(27-15)11-6-7-14-12(8-11)13(16(20)23)9-22(14)10(2)3/h6-10H,5H2,1-4H3,(H2,20,23). The number of esters is 1. The number of methoxy groups -OCH3 is 1. The highest BCUT2D eigenvalue weighted by Gasteiger charge is 2.22. The summed E-state index contributed by atoms with van der Waals surface area (Å²) in [6.07, 6.45) is 1.77. The normalized spacial score (nSPS) is 11.1. The molecule has 0 aliphatic rings. The summed E-state index contributed by atoms with van der Waals surface area (Å²) in [5.74, 6) is -0.730. The molecule has 1 aromatic carbocycles. The van der Waals surface area contributed by atoms with Gasteiger partial charge in [0.2, 0.25) is 5.88 Å². The van der Waals surface area contributed by atoms with Crippen molar-refractivity contribution in [2.75, 3.05) is 13.7 Å². The Balaban J connectivity index is 2.14. The van der Waals surface area contributed by atoms with E-state index in [9.17, 15) is 9.59 Å². The van der Waals surface area contributed by atoms with Crippen molar-refractivity contribution in [3.05, 3.63) is 34.8 Å². The highest BCUT2D eigenvalue weighted by molar-refractivity contribution is 7.17. The Morgan fingerprint density at radius 2 is 2.07 bits per heavy atom. The first kappa shape index (κ1) is 18.9. The number of hydrogen-bond donors (Lipinski definition) is 1. The number of benzene rings is 1. The van der Waals surface area contributed by atoms with Crippen LogP contribution in [0.25, 0.3) is 21.5 Å². The van der Waals surface area contributed by atoms with Crippen molar-refractivity contribution in [1.82, 2.24) is 9.55 Å². The van der Waals surface area contributed by atoms with Gasteiger partial charge in [-0.05, 0) is 39.0 Å². The van der Waals surface area contributed by atoms with Gasteiger partial charge in [-0.15, -0.1) is 11.3 Å². The number of primary amides is 1. The van der Waals surface area contributed by atoms with Crippen LogP contribution in [0.5, 0.6) is 5.88 Å². The molecule has 0 radical (unpaired) electrons. The molecule has 0 aliphatic carbocycles. The van der Waals surface area contributed by atoms with E-state index in [1.54, 1.807) is 13.1 Å². The fourth-order valence-corrected chi connectivity index (χ4v) is 3.83. The molecule has 0 bridgehead atoms. The predicted octanol–water partition coefficient (Wildman–Crippen LogP) is 3.63. The molecule has 0 atom stereocenters. The van der Waals surface area contributed by atoms with Crippen molar-refractivity contribution in [2.24, 2.45) is 5.73 Å². The molecule has 2 aromatic heterocycles. The van der Waals surface area contributed by atoms with Gasteiger partial charge in [-0.1, -0.05) is 0 Å². The van der Waals surface area contributed by atoms with E-state index in [1.807, 2.05) is 36.6 Å². The third kappa shape index (κ3) is 3.40. The monoisotopic (exact) mass is 387 g/mol. The third-order valence-corrected chi connectivity index (χ3v) is 5.22. The summed E-state index contributed by atoms with van der Waals surface area (Å²) in [5.41, 5.74) is 7.69. The maximum Gasteiger partial charge on any atom is 0.354 e. The van der Waals surface area contributed by atoms with Crippen LogP contribution in [-0.4, -0.2) is 35.1 Å². The summed E-state index contributed by atoms with van der Waals surface area (Å²) in [6.45, 7) is 6.09. The fourth-order valence-electron chi connectivity index (χ4n) is 2.91. The van der Waals surface area contributed by atoms with Gasteiger partial charge in [0.1, 0.15) is 5.01 Å². The van der Waals surface area contributed by atoms with Crippen LogP contribution in [0.3, 0.4) is 0 Å². The molecule has 3 aromatic rings. The number of aromatic nitrogens is 2. The van der Waals surface area contributed by atoms with Crippen molar-refractivity contribution in [1.29, 1.82) is 0 Å². The van der Waals surface area contributed by atoms with E-state index in [2.05, 4.69) is 4.98 Å². The molecule has 2 heterocycles. The highest BCUT2D eigenvalue weighted by atomic mass is 32.1. The van der Waals surface area contributed by atoms with Gasteiger partial charge < -0.3 is 19.8 Å². The van der Waals surface area contributed by atoms with Gasteiger partial charge in [-0.2, -0.15) is 0 Å². The Bertz CT molecular complexity index is 1020. The lowest BCUT2D eigenvalue weighted by molar-refractivity contribution is 0.0528. The van der Waals surface area contributed by atoms with Crippen LogP contribution in [0.15, 0.2) is 24.4 Å². The molecule has 0 aliphatic heterocycles. The summed E-state index contributed by atoms with van der Waals surface area (Å²) in [4.78, 5) is 28.7. The maximum atomic E-state index is 12.1. The molecule has 0 unspecified atom stereocenters. The van der Waals surface area contributed by atoms with Gasteiger partial charge in [0, 0.05) is 28.7 Å². The molecule has 1 amide bonds. The molecule has 0 spiro atoms. The number of carbonyl (C=O) groups excluding carboxylic acids is 2. The van der Waals surface area contributed by atoms with E-state index in [-0.39, 0.29) is 18.5 Å². The third-order valence-electron chi connectivity index (χ3n) is 4.15. The Morgan fingerprint density at radius 3 is 2.67 bits per heavy atom. The number of nitrogens with two attached hydrogens (primary N) is 1. The summed E-state index contributed by atoms with van der Waals surface area (Å²) in [7, 11) is 1.46. The molecule has 7 nitrogen and oxygen atoms in total. The van der Waals surface area contributed by atoms with Gasteiger partial charge in [0.15, 0.2) is 4.88 Å². The Kier molecular flexibility index (Phi) is 5.18. The van der Waals surface area contributed by atoms with Crippen LogP contribution in [0.1, 0.15) is 46.8 Å². The first-order valence-electron chi connectivity index (χ1n) is 8.54. The average molecular weight is 387 g/mol. The second-order valence-corrected chi connectivity index (χ2v) is 7.22. The van der Waals surface area contributed by atoms with Crippen LogP contribution >= 0.6 is 11.3 Å². The SMILES string of the molecule is CCOC(=O)c1sc(-c2ccc3c(c2)c(C(N)=O)cn3C(C)C)nc1OC. The summed E-state index contributed by atoms with van der Waals surface area (Å²) >= 11 is 1.19. The number of carbonyl (C=O) groups is 2. The number of ether oxygens (including phenoxy) is 2. The molecule has 0 fully saturated rings. The molecule has 0 saturated carbocycles. The molecule has 142 valence electrons. The number of hydrogen-bond acceptors (Lipinski definition) is 6. The molecular formula is C19H21N3O4S. The summed E-state index contributed by atoms with van der Waals surface area (Å²) < 4.78 is 12.3. The number of rotatable bonds is 6. The minimum atomic E-state index is -0.486. The summed E-state index contributed by atoms with van der Waals surface area (Å²) in [5, 5.41) is 1.35. The maximum absolute atomic E-state index is 12.1. The highest BCUT2D eigenvalue weighted by Crippen LogP contribution is 2.35. The zero-order valence-electron chi connectivity index (χ0n) is 15.6. The number of nitrogens with zero attached hydrogens (tertiary/aromatic N) is 2. The van der Waals surface area contributed by atoms with Gasteiger partial charge >= 0.3 is 5.97 Å². The zero-order valence-corrected chi connectivity index (χ0v) is 16.4. The second kappa shape index (κ2) is 7.40. The topological polar surface area (TPSA) is 96.4 Å². The largest absolute Gasteiger partial charge is 0.480 e. The lowest BCUT2D eigenvalue weighted by atomic mass is 10.1. The Morgan fingerprint density at radius 1 is 1.33 bits per heavy atom. The van der Waals surface area contributed by atoms with E-state index in [1.165, 1.54) is 18.4 Å². The van der Waals surface area contributed by atoms with E-state index < -0.39 is 11.9 Å². The molecule has 0 saturated heterocycles. The van der Waals surface area contributed by atoms with Crippen molar-refractivity contribution in [2.45, 2.75) is 26.8 Å². The van der Waals surface area contributed by atoms with E-state index in [4.69, 9.17) is 15.2 Å². The number of fused-ring (bicyclic) bond motifs is 1. The molecular weight excluding hydrogens is 366 g/mol. The van der Waals surface area contributed by atoms with Crippen molar-refractivity contribution in [3.63, 3.8) is 0 Å². The van der Waals surface area contributed by atoms with Crippen LogP contribution in [0, 0.1) is 0 Å². The van der Waals surface area contributed by atoms with Crippen molar-refractivity contribution < 1.29 is 19.1 Å². The molecule has 27 heavy (non-hydrogen) atoms. The lowest BCUT2D eigenvalue weighted by Gasteiger charge is -2.09. The van der Waals surface area contributed by atoms with Crippen molar-refractivity contribution in [3.8, 4) is 16.5 Å². The van der Waals surface area contributed by atoms with Crippen molar-refractivity contribution >= 4 is 34.1 Å². The number of amides is 1. The van der Waals surface area contributed by atoms with Gasteiger partial charge in [-0.3, -0.25) is 4.79 Å². The molecule has 8 heteroatoms.